The topological polar surface area (TPSA) is 84.0 Å². The molecule has 1 N–H and O–H groups in total. The van der Waals surface area contributed by atoms with Gasteiger partial charge >= 0.3 is 0 Å². The number of thioether (sulfide) groups is 1. The Morgan fingerprint density at radius 3 is 2.87 bits per heavy atom. The van der Waals surface area contributed by atoms with Crippen LogP contribution in [0.4, 0.5) is 4.39 Å². The normalized spacial score (nSPS) is 14.7. The van der Waals surface area contributed by atoms with Crippen molar-refractivity contribution < 1.29 is 13.9 Å². The number of hydrogen-bond donors (Lipinski definition) is 1. The minimum atomic E-state index is -0.290. The highest BCUT2D eigenvalue weighted by Gasteiger charge is 2.28. The highest BCUT2D eigenvalue weighted by Crippen LogP contribution is 2.35. The quantitative estimate of drug-likeness (QED) is 0.341. The summed E-state index contributed by atoms with van der Waals surface area (Å²) in [7, 11) is 1.66. The van der Waals surface area contributed by atoms with Crippen molar-refractivity contribution in [2.75, 3.05) is 32.6 Å². The monoisotopic (exact) mass is 441 g/mol. The molecule has 0 aliphatic carbocycles. The van der Waals surface area contributed by atoms with Gasteiger partial charge in [-0.2, -0.15) is 0 Å². The Morgan fingerprint density at radius 1 is 1.32 bits per heavy atom. The zero-order valence-corrected chi connectivity index (χ0v) is 18.1. The Kier molecular flexibility index (Phi) is 6.93. The van der Waals surface area contributed by atoms with Crippen LogP contribution < -0.4 is 0 Å². The van der Waals surface area contributed by atoms with Crippen molar-refractivity contribution in [3.05, 3.63) is 60.2 Å². The van der Waals surface area contributed by atoms with Crippen LogP contribution in [0.5, 0.6) is 0 Å². The summed E-state index contributed by atoms with van der Waals surface area (Å²) in [6, 6.07) is 6.51. The van der Waals surface area contributed by atoms with Crippen LogP contribution in [0.3, 0.4) is 0 Å². The van der Waals surface area contributed by atoms with Gasteiger partial charge in [-0.3, -0.25) is 4.79 Å². The van der Waals surface area contributed by atoms with Crippen LogP contribution in [0.1, 0.15) is 34.9 Å². The van der Waals surface area contributed by atoms with Crippen molar-refractivity contribution >= 4 is 17.7 Å². The number of ether oxygens (including phenoxy) is 1. The highest BCUT2D eigenvalue weighted by atomic mass is 32.2. The Bertz CT molecular complexity index is 1020. The first-order valence-corrected chi connectivity index (χ1v) is 11.2. The fraction of sp³-hybridized carbons (Fsp3) is 0.364. The van der Waals surface area contributed by atoms with Crippen LogP contribution in [0.25, 0.3) is 11.1 Å². The van der Waals surface area contributed by atoms with Gasteiger partial charge < -0.3 is 14.6 Å². The molecule has 0 radical (unpaired) electrons. The number of nitrogens with zero attached hydrogens (tertiary/aromatic N) is 4. The lowest BCUT2D eigenvalue weighted by atomic mass is 9.89. The van der Waals surface area contributed by atoms with E-state index in [9.17, 15) is 9.18 Å². The van der Waals surface area contributed by atoms with E-state index in [0.717, 1.165) is 35.4 Å². The number of carbonyl (C=O) groups excluding carboxylic acids is 1. The molecule has 162 valence electrons. The van der Waals surface area contributed by atoms with Crippen LogP contribution in [-0.4, -0.2) is 63.3 Å². The summed E-state index contributed by atoms with van der Waals surface area (Å²) in [5, 5.41) is 0.683. The predicted molar refractivity (Wildman–Crippen MR) is 116 cm³/mol. The van der Waals surface area contributed by atoms with Crippen LogP contribution in [0.2, 0.25) is 0 Å². The Morgan fingerprint density at radius 2 is 2.16 bits per heavy atom. The molecular formula is C22H24FN5O2S. The molecule has 0 unspecified atom stereocenters. The van der Waals surface area contributed by atoms with Gasteiger partial charge in [0.15, 0.2) is 5.16 Å². The Labute approximate surface area is 184 Å². The summed E-state index contributed by atoms with van der Waals surface area (Å²) in [5.41, 5.74) is 3.01. The van der Waals surface area contributed by atoms with Crippen molar-refractivity contribution in [3.63, 3.8) is 0 Å². The maximum atomic E-state index is 13.9. The molecule has 0 saturated carbocycles. The third-order valence-corrected chi connectivity index (χ3v) is 6.17. The molecular weight excluding hydrogens is 417 g/mol. The number of hydrogen-bond acceptors (Lipinski definition) is 6. The van der Waals surface area contributed by atoms with Crippen LogP contribution in [-0.2, 0) is 4.74 Å². The van der Waals surface area contributed by atoms with Gasteiger partial charge in [0, 0.05) is 43.6 Å². The van der Waals surface area contributed by atoms with Crippen LogP contribution >= 0.6 is 11.8 Å². The molecule has 1 aromatic carbocycles. The SMILES string of the molecule is COCCSc1ncc(-c2cccc(F)c2)c(C2CCN(C(=O)c3cnc[nH]3)CC2)n1. The number of aromatic nitrogens is 4. The lowest BCUT2D eigenvalue weighted by Crippen LogP contribution is -2.38. The summed E-state index contributed by atoms with van der Waals surface area (Å²) in [5.74, 6) is 0.586. The average molecular weight is 442 g/mol. The molecule has 0 atom stereocenters. The summed E-state index contributed by atoms with van der Waals surface area (Å²) >= 11 is 1.54. The number of rotatable bonds is 7. The van der Waals surface area contributed by atoms with Crippen LogP contribution in [0.15, 0.2) is 48.1 Å². The van der Waals surface area contributed by atoms with E-state index < -0.39 is 0 Å². The number of amides is 1. The minimum absolute atomic E-state index is 0.0419. The molecule has 31 heavy (non-hydrogen) atoms. The molecule has 1 aliphatic rings. The molecule has 7 nitrogen and oxygen atoms in total. The van der Waals surface area contributed by atoms with Gasteiger partial charge in [0.05, 0.1) is 24.8 Å². The lowest BCUT2D eigenvalue weighted by Gasteiger charge is -2.32. The van der Waals surface area contributed by atoms with Crippen molar-refractivity contribution in [3.8, 4) is 11.1 Å². The Hall–Kier alpha value is -2.78. The van der Waals surface area contributed by atoms with E-state index >= 15 is 0 Å². The Balaban J connectivity index is 1.56. The fourth-order valence-corrected chi connectivity index (χ4v) is 4.48. The predicted octanol–water partition coefficient (Wildman–Crippen LogP) is 3.76. The van der Waals surface area contributed by atoms with E-state index in [1.54, 1.807) is 25.6 Å². The second-order valence-electron chi connectivity index (χ2n) is 7.33. The number of methoxy groups -OCH3 is 1. The first-order valence-electron chi connectivity index (χ1n) is 10.2. The molecule has 0 bridgehead atoms. The molecule has 3 heterocycles. The van der Waals surface area contributed by atoms with Gasteiger partial charge in [-0.25, -0.2) is 19.3 Å². The van der Waals surface area contributed by atoms with E-state index in [-0.39, 0.29) is 17.6 Å². The number of piperidine rings is 1. The van der Waals surface area contributed by atoms with E-state index in [1.807, 2.05) is 11.0 Å². The number of nitrogens with one attached hydrogen (secondary N) is 1. The largest absolute Gasteiger partial charge is 0.384 e. The van der Waals surface area contributed by atoms with Crippen molar-refractivity contribution in [2.24, 2.45) is 0 Å². The van der Waals surface area contributed by atoms with Crippen LogP contribution in [0, 0.1) is 5.82 Å². The van der Waals surface area contributed by atoms with Crippen molar-refractivity contribution in [2.45, 2.75) is 23.9 Å². The second-order valence-corrected chi connectivity index (χ2v) is 8.40. The maximum Gasteiger partial charge on any atom is 0.271 e. The van der Waals surface area contributed by atoms with E-state index in [2.05, 4.69) is 15.0 Å². The smallest absolute Gasteiger partial charge is 0.271 e. The molecule has 1 fully saturated rings. The molecule has 4 rings (SSSR count). The first-order chi connectivity index (χ1) is 15.2. The molecule has 3 aromatic rings. The fourth-order valence-electron chi connectivity index (χ4n) is 3.75. The molecule has 1 amide bonds. The number of H-pyrrole nitrogens is 1. The number of aromatic amines is 1. The van der Waals surface area contributed by atoms with Crippen molar-refractivity contribution in [1.82, 2.24) is 24.8 Å². The standard InChI is InChI=1S/C22H24FN5O2S/c1-30-9-10-31-22-25-12-18(16-3-2-4-17(23)11-16)20(27-22)15-5-7-28(8-6-15)21(29)19-13-24-14-26-19/h2-4,11-15H,5-10H2,1H3,(H,24,26). The zero-order valence-electron chi connectivity index (χ0n) is 17.3. The zero-order chi connectivity index (χ0) is 21.6. The van der Waals surface area contributed by atoms with Gasteiger partial charge in [-0.15, -0.1) is 0 Å². The summed E-state index contributed by atoms with van der Waals surface area (Å²) in [4.78, 5) is 30.6. The molecule has 9 heteroatoms. The van der Waals surface area contributed by atoms with Gasteiger partial charge in [0.1, 0.15) is 11.5 Å². The number of likely N-dealkylation sites (tertiary alicyclic amines) is 1. The number of halogens is 1. The van der Waals surface area contributed by atoms with E-state index in [0.29, 0.717) is 30.5 Å². The summed E-state index contributed by atoms with van der Waals surface area (Å²) < 4.78 is 19.0. The van der Waals surface area contributed by atoms with Gasteiger partial charge in [0.25, 0.3) is 5.91 Å². The number of carbonyl (C=O) groups is 1. The molecule has 1 saturated heterocycles. The number of benzene rings is 1. The van der Waals surface area contributed by atoms with Gasteiger partial charge in [-0.05, 0) is 30.5 Å². The third kappa shape index (κ3) is 5.11. The van der Waals surface area contributed by atoms with Gasteiger partial charge in [0.2, 0.25) is 0 Å². The molecule has 2 aromatic heterocycles. The van der Waals surface area contributed by atoms with Crippen molar-refractivity contribution in [1.29, 1.82) is 0 Å². The number of imidazole rings is 1. The second kappa shape index (κ2) is 10.0. The minimum Gasteiger partial charge on any atom is -0.384 e. The van der Waals surface area contributed by atoms with Gasteiger partial charge in [-0.1, -0.05) is 23.9 Å². The summed E-state index contributed by atoms with van der Waals surface area (Å²) in [6.07, 6.45) is 6.40. The molecule has 1 aliphatic heterocycles. The third-order valence-electron chi connectivity index (χ3n) is 5.35. The summed E-state index contributed by atoms with van der Waals surface area (Å²) in [6.45, 7) is 1.87. The first kappa shape index (κ1) is 21.5. The molecule has 0 spiro atoms. The highest BCUT2D eigenvalue weighted by molar-refractivity contribution is 7.99. The average Bonchev–Trinajstić information content (AvgIpc) is 3.34. The van der Waals surface area contributed by atoms with E-state index in [4.69, 9.17) is 9.72 Å². The van der Waals surface area contributed by atoms with E-state index in [1.165, 1.54) is 30.2 Å². The maximum absolute atomic E-state index is 13.9. The lowest BCUT2D eigenvalue weighted by molar-refractivity contribution is 0.0706.